The second-order valence-electron chi connectivity index (χ2n) is 7.87. The fourth-order valence-corrected chi connectivity index (χ4v) is 4.10. The van der Waals surface area contributed by atoms with E-state index in [2.05, 4.69) is 21.4 Å². The fourth-order valence-electron chi connectivity index (χ4n) is 4.10. The number of aromatic nitrogens is 1. The molecule has 1 fully saturated rings. The van der Waals surface area contributed by atoms with Gasteiger partial charge in [0, 0.05) is 72.2 Å². The molecular formula is C23H27N3O2. The first-order chi connectivity index (χ1) is 13.4. The van der Waals surface area contributed by atoms with E-state index >= 15 is 0 Å². The van der Waals surface area contributed by atoms with Gasteiger partial charge in [0.05, 0.1) is 0 Å². The molecule has 5 nitrogen and oxygen atoms in total. The van der Waals surface area contributed by atoms with E-state index in [9.17, 15) is 9.59 Å². The first-order valence-corrected chi connectivity index (χ1v) is 9.93. The SMILES string of the molecule is CC(=O)c1ccc2c(c1)c1cc(C(C)=O)ccc1n2CCN1CCN(C)CC1. The molecule has 146 valence electrons. The number of rotatable bonds is 5. The van der Waals surface area contributed by atoms with E-state index in [-0.39, 0.29) is 11.6 Å². The van der Waals surface area contributed by atoms with Crippen molar-refractivity contribution in [1.82, 2.24) is 14.4 Å². The summed E-state index contributed by atoms with van der Waals surface area (Å²) < 4.78 is 2.33. The standard InChI is InChI=1S/C23H27N3O2/c1-16(27)18-4-6-22-20(14-18)21-15-19(17(2)28)5-7-23(21)26(22)13-12-25-10-8-24(3)9-11-25/h4-7,14-15H,8-13H2,1-3H3. The predicted octanol–water partition coefficient (Wildman–Crippen LogP) is 3.45. The van der Waals surface area contributed by atoms with Crippen LogP contribution in [0.25, 0.3) is 21.8 Å². The van der Waals surface area contributed by atoms with Crippen molar-refractivity contribution in [3.63, 3.8) is 0 Å². The number of hydrogen-bond donors (Lipinski definition) is 0. The Kier molecular flexibility index (Phi) is 5.04. The highest BCUT2D eigenvalue weighted by Gasteiger charge is 2.17. The van der Waals surface area contributed by atoms with Crippen molar-refractivity contribution in [1.29, 1.82) is 0 Å². The van der Waals surface area contributed by atoms with Crippen LogP contribution in [0.2, 0.25) is 0 Å². The van der Waals surface area contributed by atoms with Crippen molar-refractivity contribution in [3.8, 4) is 0 Å². The number of ketones is 2. The lowest BCUT2D eigenvalue weighted by Gasteiger charge is -2.32. The third-order valence-electron chi connectivity index (χ3n) is 5.91. The van der Waals surface area contributed by atoms with Gasteiger partial charge in [-0.25, -0.2) is 0 Å². The summed E-state index contributed by atoms with van der Waals surface area (Å²) in [5.74, 6) is 0.117. The molecule has 0 aliphatic carbocycles. The number of fused-ring (bicyclic) bond motifs is 3. The summed E-state index contributed by atoms with van der Waals surface area (Å²) in [4.78, 5) is 28.7. The molecular weight excluding hydrogens is 350 g/mol. The summed E-state index contributed by atoms with van der Waals surface area (Å²) in [5, 5.41) is 2.09. The van der Waals surface area contributed by atoms with Crippen molar-refractivity contribution in [2.75, 3.05) is 39.8 Å². The van der Waals surface area contributed by atoms with Crippen LogP contribution in [-0.4, -0.2) is 65.7 Å². The maximum absolute atomic E-state index is 11.9. The summed E-state index contributed by atoms with van der Waals surface area (Å²) in [6, 6.07) is 11.8. The van der Waals surface area contributed by atoms with E-state index in [1.807, 2.05) is 36.4 Å². The molecule has 0 N–H and O–H groups in total. The van der Waals surface area contributed by atoms with E-state index in [1.165, 1.54) is 0 Å². The van der Waals surface area contributed by atoms with E-state index in [1.54, 1.807) is 13.8 Å². The molecule has 4 rings (SSSR count). The summed E-state index contributed by atoms with van der Waals surface area (Å²) in [5.41, 5.74) is 3.65. The molecule has 1 saturated heterocycles. The van der Waals surface area contributed by atoms with E-state index in [0.717, 1.165) is 61.1 Å². The second-order valence-corrected chi connectivity index (χ2v) is 7.87. The van der Waals surface area contributed by atoms with Crippen LogP contribution in [0, 0.1) is 0 Å². The number of nitrogens with zero attached hydrogens (tertiary/aromatic N) is 3. The van der Waals surface area contributed by atoms with Crippen LogP contribution in [0.4, 0.5) is 0 Å². The fraction of sp³-hybridized carbons (Fsp3) is 0.391. The molecule has 0 radical (unpaired) electrons. The Morgan fingerprint density at radius 3 is 1.75 bits per heavy atom. The quantitative estimate of drug-likeness (QED) is 0.639. The number of carbonyl (C=O) groups excluding carboxylic acids is 2. The van der Waals surface area contributed by atoms with Crippen molar-refractivity contribution in [3.05, 3.63) is 47.5 Å². The zero-order valence-corrected chi connectivity index (χ0v) is 16.9. The summed E-state index contributed by atoms with van der Waals surface area (Å²) >= 11 is 0. The molecule has 5 heteroatoms. The normalized spacial score (nSPS) is 16.1. The minimum Gasteiger partial charge on any atom is -0.339 e. The molecule has 0 amide bonds. The van der Waals surface area contributed by atoms with Gasteiger partial charge in [0.1, 0.15) is 0 Å². The number of hydrogen-bond acceptors (Lipinski definition) is 4. The van der Waals surface area contributed by atoms with Gasteiger partial charge in [-0.2, -0.15) is 0 Å². The Morgan fingerprint density at radius 1 is 0.786 bits per heavy atom. The highest BCUT2D eigenvalue weighted by Crippen LogP contribution is 2.31. The third kappa shape index (κ3) is 3.48. The average molecular weight is 377 g/mol. The van der Waals surface area contributed by atoms with Crippen molar-refractivity contribution in [2.45, 2.75) is 20.4 Å². The maximum Gasteiger partial charge on any atom is 0.159 e. The first kappa shape index (κ1) is 18.8. The number of piperazine rings is 1. The molecule has 0 bridgehead atoms. The van der Waals surface area contributed by atoms with Crippen molar-refractivity contribution >= 4 is 33.4 Å². The summed E-state index contributed by atoms with van der Waals surface area (Å²) in [6.45, 7) is 9.48. The highest BCUT2D eigenvalue weighted by molar-refractivity contribution is 6.12. The number of benzene rings is 2. The van der Waals surface area contributed by atoms with Crippen LogP contribution in [0.15, 0.2) is 36.4 Å². The van der Waals surface area contributed by atoms with Crippen LogP contribution in [0.5, 0.6) is 0 Å². The Morgan fingerprint density at radius 2 is 1.29 bits per heavy atom. The second kappa shape index (κ2) is 7.49. The minimum absolute atomic E-state index is 0.0583. The van der Waals surface area contributed by atoms with Crippen molar-refractivity contribution < 1.29 is 9.59 Å². The lowest BCUT2D eigenvalue weighted by molar-refractivity contribution is 0.100. The molecule has 28 heavy (non-hydrogen) atoms. The molecule has 0 unspecified atom stereocenters. The first-order valence-electron chi connectivity index (χ1n) is 9.93. The van der Waals surface area contributed by atoms with Gasteiger partial charge in [-0.15, -0.1) is 0 Å². The van der Waals surface area contributed by atoms with Crippen LogP contribution < -0.4 is 0 Å². The van der Waals surface area contributed by atoms with Crippen LogP contribution in [0.3, 0.4) is 0 Å². The molecule has 2 heterocycles. The Bertz CT molecular complexity index is 987. The van der Waals surface area contributed by atoms with Gasteiger partial charge in [-0.1, -0.05) is 0 Å². The largest absolute Gasteiger partial charge is 0.339 e. The molecule has 1 aliphatic rings. The molecule has 2 aromatic carbocycles. The van der Waals surface area contributed by atoms with Crippen LogP contribution in [0.1, 0.15) is 34.6 Å². The van der Waals surface area contributed by atoms with Gasteiger partial charge < -0.3 is 9.47 Å². The Hall–Kier alpha value is -2.50. The van der Waals surface area contributed by atoms with Gasteiger partial charge >= 0.3 is 0 Å². The number of Topliss-reactive ketones (excluding diaryl/α,β-unsaturated/α-hetero) is 2. The third-order valence-corrected chi connectivity index (χ3v) is 5.91. The maximum atomic E-state index is 11.9. The number of carbonyl (C=O) groups is 2. The highest BCUT2D eigenvalue weighted by atomic mass is 16.1. The smallest absolute Gasteiger partial charge is 0.159 e. The van der Waals surface area contributed by atoms with Crippen LogP contribution in [-0.2, 0) is 6.54 Å². The van der Waals surface area contributed by atoms with Gasteiger partial charge in [0.2, 0.25) is 0 Å². The lowest BCUT2D eigenvalue weighted by atomic mass is 10.0. The average Bonchev–Trinajstić information content (AvgIpc) is 3.00. The Balaban J connectivity index is 1.77. The van der Waals surface area contributed by atoms with Gasteiger partial charge in [0.25, 0.3) is 0 Å². The summed E-state index contributed by atoms with van der Waals surface area (Å²) in [6.07, 6.45) is 0. The van der Waals surface area contributed by atoms with E-state index in [0.29, 0.717) is 11.1 Å². The predicted molar refractivity (Wildman–Crippen MR) is 113 cm³/mol. The molecule has 0 spiro atoms. The minimum atomic E-state index is 0.0583. The molecule has 1 aromatic heterocycles. The number of likely N-dealkylation sites (N-methyl/N-ethyl adjacent to an activating group) is 1. The Labute approximate surface area is 165 Å². The van der Waals surface area contributed by atoms with E-state index < -0.39 is 0 Å². The molecule has 3 aromatic rings. The zero-order chi connectivity index (χ0) is 19.8. The lowest BCUT2D eigenvalue weighted by Crippen LogP contribution is -2.45. The zero-order valence-electron chi connectivity index (χ0n) is 16.9. The van der Waals surface area contributed by atoms with Gasteiger partial charge in [-0.05, 0) is 57.3 Å². The van der Waals surface area contributed by atoms with Crippen molar-refractivity contribution in [2.24, 2.45) is 0 Å². The monoisotopic (exact) mass is 377 g/mol. The molecule has 0 saturated carbocycles. The van der Waals surface area contributed by atoms with Gasteiger partial charge in [-0.3, -0.25) is 14.5 Å². The molecule has 1 aliphatic heterocycles. The topological polar surface area (TPSA) is 45.6 Å². The van der Waals surface area contributed by atoms with Gasteiger partial charge in [0.15, 0.2) is 11.6 Å². The summed E-state index contributed by atoms with van der Waals surface area (Å²) in [7, 11) is 2.17. The van der Waals surface area contributed by atoms with E-state index in [4.69, 9.17) is 0 Å². The molecule has 0 atom stereocenters. The van der Waals surface area contributed by atoms with Crippen LogP contribution >= 0.6 is 0 Å².